The predicted molar refractivity (Wildman–Crippen MR) is 116 cm³/mol. The first-order valence-electron chi connectivity index (χ1n) is 10.2. The first-order chi connectivity index (χ1) is 15.2. The molecule has 3 aromatic rings. The number of halogens is 2. The molecule has 7 nitrogen and oxygen atoms in total. The third-order valence-electron chi connectivity index (χ3n) is 5.95. The number of aliphatic carboxylic acids is 1. The van der Waals surface area contributed by atoms with Gasteiger partial charge in [0.2, 0.25) is 0 Å². The van der Waals surface area contributed by atoms with E-state index in [0.29, 0.717) is 41.2 Å². The summed E-state index contributed by atoms with van der Waals surface area (Å²) in [4.78, 5) is 29.5. The number of alkyl halides is 2. The minimum Gasteiger partial charge on any atom is -0.490 e. The Morgan fingerprint density at radius 3 is 2.66 bits per heavy atom. The summed E-state index contributed by atoms with van der Waals surface area (Å²) in [7, 11) is 3.37. The highest BCUT2D eigenvalue weighted by atomic mass is 19.3. The van der Waals surface area contributed by atoms with Gasteiger partial charge in [-0.2, -0.15) is 0 Å². The van der Waals surface area contributed by atoms with Crippen molar-refractivity contribution < 1.29 is 23.4 Å². The topological polar surface area (TPSA) is 84.7 Å². The Labute approximate surface area is 182 Å². The molecule has 1 fully saturated rings. The first-order valence-corrected chi connectivity index (χ1v) is 10.2. The maximum Gasteiger partial charge on any atom is 0.306 e. The SMILES string of the molecule is Cc1cc2c(N(C)c3cc(C(F)F)ccn3)cc(OC3CC(C(=O)O)C3)cc2n(C)c1=O. The van der Waals surface area contributed by atoms with E-state index in [1.165, 1.54) is 22.9 Å². The van der Waals surface area contributed by atoms with Crippen molar-refractivity contribution in [3.8, 4) is 5.75 Å². The van der Waals surface area contributed by atoms with E-state index in [1.54, 1.807) is 44.1 Å². The number of anilines is 2. The second-order valence-electron chi connectivity index (χ2n) is 8.12. The summed E-state index contributed by atoms with van der Waals surface area (Å²) in [6.45, 7) is 1.71. The predicted octanol–water partition coefficient (Wildman–Crippen LogP) is 4.19. The van der Waals surface area contributed by atoms with E-state index in [2.05, 4.69) is 4.98 Å². The molecule has 0 aliphatic heterocycles. The molecule has 0 amide bonds. The Hall–Kier alpha value is -3.49. The molecule has 4 rings (SSSR count). The van der Waals surface area contributed by atoms with E-state index >= 15 is 0 Å². The normalized spacial score (nSPS) is 17.9. The van der Waals surface area contributed by atoms with Crippen LogP contribution in [-0.2, 0) is 11.8 Å². The molecular formula is C23H23F2N3O4. The van der Waals surface area contributed by atoms with Crippen molar-refractivity contribution >= 4 is 28.4 Å². The highest BCUT2D eigenvalue weighted by molar-refractivity contribution is 5.95. The van der Waals surface area contributed by atoms with Crippen molar-refractivity contribution in [3.63, 3.8) is 0 Å². The molecule has 0 bridgehead atoms. The van der Waals surface area contributed by atoms with E-state index < -0.39 is 18.3 Å². The van der Waals surface area contributed by atoms with E-state index in [4.69, 9.17) is 9.84 Å². The lowest BCUT2D eigenvalue weighted by atomic mass is 9.82. The Kier molecular flexibility index (Phi) is 5.58. The fourth-order valence-electron chi connectivity index (χ4n) is 3.95. The largest absolute Gasteiger partial charge is 0.490 e. The highest BCUT2D eigenvalue weighted by Gasteiger charge is 2.36. The molecule has 9 heteroatoms. The number of ether oxygens (including phenoxy) is 1. The number of aromatic nitrogens is 2. The number of fused-ring (bicyclic) bond motifs is 1. The summed E-state index contributed by atoms with van der Waals surface area (Å²) in [6.07, 6.45) is -0.723. The van der Waals surface area contributed by atoms with Gasteiger partial charge in [-0.25, -0.2) is 13.8 Å². The van der Waals surface area contributed by atoms with Crippen LogP contribution in [0.4, 0.5) is 20.3 Å². The number of rotatable bonds is 6. The van der Waals surface area contributed by atoms with Crippen LogP contribution in [0.15, 0.2) is 41.3 Å². The fraction of sp³-hybridized carbons (Fsp3) is 0.348. The zero-order valence-corrected chi connectivity index (χ0v) is 17.9. The molecule has 1 aromatic carbocycles. The molecule has 0 spiro atoms. The maximum absolute atomic E-state index is 13.2. The third kappa shape index (κ3) is 3.90. The molecule has 0 saturated heterocycles. The first kappa shape index (κ1) is 21.7. The van der Waals surface area contributed by atoms with Gasteiger partial charge < -0.3 is 19.3 Å². The Bertz CT molecular complexity index is 1250. The lowest BCUT2D eigenvalue weighted by Crippen LogP contribution is -2.38. The van der Waals surface area contributed by atoms with Crippen LogP contribution in [0.2, 0.25) is 0 Å². The molecule has 2 aromatic heterocycles. The van der Waals surface area contributed by atoms with Gasteiger partial charge in [-0.1, -0.05) is 0 Å². The van der Waals surface area contributed by atoms with Crippen LogP contribution in [0.25, 0.3) is 10.9 Å². The van der Waals surface area contributed by atoms with Crippen molar-refractivity contribution in [2.75, 3.05) is 11.9 Å². The number of aryl methyl sites for hydroxylation is 2. The number of carbonyl (C=O) groups is 1. The highest BCUT2D eigenvalue weighted by Crippen LogP contribution is 2.38. The van der Waals surface area contributed by atoms with Crippen molar-refractivity contribution in [1.29, 1.82) is 0 Å². The van der Waals surface area contributed by atoms with Gasteiger partial charge in [0, 0.05) is 48.9 Å². The molecule has 0 atom stereocenters. The van der Waals surface area contributed by atoms with Gasteiger partial charge in [0.15, 0.2) is 0 Å². The molecule has 0 radical (unpaired) electrons. The molecule has 2 heterocycles. The second kappa shape index (κ2) is 8.22. The van der Waals surface area contributed by atoms with Crippen LogP contribution in [0.3, 0.4) is 0 Å². The van der Waals surface area contributed by atoms with E-state index in [-0.39, 0.29) is 17.2 Å². The Morgan fingerprint density at radius 2 is 2.00 bits per heavy atom. The van der Waals surface area contributed by atoms with Crippen LogP contribution in [0.1, 0.15) is 30.4 Å². The zero-order chi connectivity index (χ0) is 23.2. The summed E-state index contributed by atoms with van der Waals surface area (Å²) in [5.41, 5.74) is 1.48. The van der Waals surface area contributed by atoms with Gasteiger partial charge in [-0.15, -0.1) is 0 Å². The molecule has 168 valence electrons. The lowest BCUT2D eigenvalue weighted by Gasteiger charge is -2.33. The second-order valence-corrected chi connectivity index (χ2v) is 8.12. The molecule has 1 aliphatic carbocycles. The Morgan fingerprint density at radius 1 is 1.28 bits per heavy atom. The van der Waals surface area contributed by atoms with Gasteiger partial charge in [0.05, 0.1) is 17.1 Å². The van der Waals surface area contributed by atoms with Crippen molar-refractivity contribution in [3.05, 3.63) is 58.0 Å². The molecule has 1 saturated carbocycles. The average molecular weight is 443 g/mol. The van der Waals surface area contributed by atoms with Gasteiger partial charge in [-0.05, 0) is 38.0 Å². The minimum absolute atomic E-state index is 0.142. The van der Waals surface area contributed by atoms with Gasteiger partial charge in [-0.3, -0.25) is 9.59 Å². The third-order valence-corrected chi connectivity index (χ3v) is 5.95. The van der Waals surface area contributed by atoms with Crippen LogP contribution in [0, 0.1) is 12.8 Å². The number of carboxylic acid groups (broad SMARTS) is 1. The maximum atomic E-state index is 13.2. The number of hydrogen-bond donors (Lipinski definition) is 1. The summed E-state index contributed by atoms with van der Waals surface area (Å²) < 4.78 is 33.9. The van der Waals surface area contributed by atoms with E-state index in [0.717, 1.165) is 5.39 Å². The summed E-state index contributed by atoms with van der Waals surface area (Å²) in [5.74, 6) is -0.470. The summed E-state index contributed by atoms with van der Waals surface area (Å²) in [5, 5.41) is 9.83. The van der Waals surface area contributed by atoms with Crippen molar-refractivity contribution in [2.24, 2.45) is 13.0 Å². The summed E-state index contributed by atoms with van der Waals surface area (Å²) in [6, 6.07) is 7.85. The fourth-order valence-corrected chi connectivity index (χ4v) is 3.95. The number of carboxylic acids is 1. The number of nitrogens with zero attached hydrogens (tertiary/aromatic N) is 3. The minimum atomic E-state index is -2.62. The molecule has 0 unspecified atom stereocenters. The van der Waals surface area contributed by atoms with Crippen LogP contribution < -0.4 is 15.2 Å². The van der Waals surface area contributed by atoms with E-state index in [1.807, 2.05) is 0 Å². The van der Waals surface area contributed by atoms with Gasteiger partial charge in [0.25, 0.3) is 12.0 Å². The average Bonchev–Trinajstić information content (AvgIpc) is 2.73. The standard InChI is InChI=1S/C23H23F2N3O4/c1-12-6-17-18(27(2)20-9-13(21(24)25)4-5-26-20)10-16(11-19(17)28(3)22(12)29)32-15-7-14(8-15)23(30)31/h4-6,9-11,14-15,21H,7-8H2,1-3H3,(H,30,31). The van der Waals surface area contributed by atoms with Crippen LogP contribution in [0.5, 0.6) is 5.75 Å². The number of benzene rings is 1. The summed E-state index contributed by atoms with van der Waals surface area (Å²) >= 11 is 0. The van der Waals surface area contributed by atoms with Gasteiger partial charge in [0.1, 0.15) is 17.7 Å². The van der Waals surface area contributed by atoms with Crippen LogP contribution in [-0.4, -0.2) is 33.8 Å². The van der Waals surface area contributed by atoms with Crippen molar-refractivity contribution in [1.82, 2.24) is 9.55 Å². The molecular weight excluding hydrogens is 420 g/mol. The zero-order valence-electron chi connectivity index (χ0n) is 17.9. The quantitative estimate of drug-likeness (QED) is 0.615. The van der Waals surface area contributed by atoms with E-state index in [9.17, 15) is 18.4 Å². The monoisotopic (exact) mass is 443 g/mol. The van der Waals surface area contributed by atoms with Crippen molar-refractivity contribution in [2.45, 2.75) is 32.3 Å². The Balaban J connectivity index is 1.80. The van der Waals surface area contributed by atoms with Gasteiger partial charge >= 0.3 is 5.97 Å². The lowest BCUT2D eigenvalue weighted by molar-refractivity contribution is -0.147. The molecule has 32 heavy (non-hydrogen) atoms. The molecule has 1 aliphatic rings. The number of pyridine rings is 2. The smallest absolute Gasteiger partial charge is 0.306 e. The molecule has 1 N–H and O–H groups in total. The number of hydrogen-bond acceptors (Lipinski definition) is 5. The van der Waals surface area contributed by atoms with Crippen LogP contribution >= 0.6 is 0 Å².